The second-order valence-electron chi connectivity index (χ2n) is 5.77. The van der Waals surface area contributed by atoms with Crippen LogP contribution in [0.4, 0.5) is 0 Å². The number of nitrogens with zero attached hydrogens (tertiary/aromatic N) is 1. The summed E-state index contributed by atoms with van der Waals surface area (Å²) >= 11 is 1.99. The van der Waals surface area contributed by atoms with E-state index in [1.165, 1.54) is 24.3 Å². The molecule has 0 radical (unpaired) electrons. The second kappa shape index (κ2) is 5.19. The van der Waals surface area contributed by atoms with E-state index in [0.717, 1.165) is 0 Å². The molecule has 2 fully saturated rings. The van der Waals surface area contributed by atoms with E-state index >= 15 is 0 Å². The largest absolute Gasteiger partial charge is 0.386 e. The standard InChI is InChI=1S/C13H23NO2S/c1-10(2)13(16)8-14(9-13)12(15)7-11-3-5-17-6-4-11/h10-11,16H,3-9H2,1-2H3. The minimum Gasteiger partial charge on any atom is -0.386 e. The average molecular weight is 257 g/mol. The number of carbonyl (C=O) groups is 1. The topological polar surface area (TPSA) is 40.5 Å². The van der Waals surface area contributed by atoms with Gasteiger partial charge in [0.25, 0.3) is 0 Å². The summed E-state index contributed by atoms with van der Waals surface area (Å²) in [7, 11) is 0. The number of aliphatic hydroxyl groups is 1. The molecule has 0 bridgehead atoms. The van der Waals surface area contributed by atoms with E-state index in [4.69, 9.17) is 0 Å². The van der Waals surface area contributed by atoms with E-state index in [1.54, 1.807) is 0 Å². The van der Waals surface area contributed by atoms with Crippen molar-refractivity contribution in [1.29, 1.82) is 0 Å². The highest BCUT2D eigenvalue weighted by Gasteiger charge is 2.45. The highest BCUT2D eigenvalue weighted by atomic mass is 32.2. The van der Waals surface area contributed by atoms with Crippen LogP contribution in [0.2, 0.25) is 0 Å². The first-order valence-corrected chi connectivity index (χ1v) is 7.74. The normalized spacial score (nSPS) is 24.8. The first kappa shape index (κ1) is 13.2. The zero-order chi connectivity index (χ0) is 12.5. The lowest BCUT2D eigenvalue weighted by Crippen LogP contribution is -2.66. The molecule has 1 amide bonds. The maximum Gasteiger partial charge on any atom is 0.223 e. The van der Waals surface area contributed by atoms with Crippen LogP contribution in [-0.4, -0.2) is 46.1 Å². The maximum atomic E-state index is 12.0. The van der Waals surface area contributed by atoms with Gasteiger partial charge >= 0.3 is 0 Å². The van der Waals surface area contributed by atoms with Crippen LogP contribution in [0.3, 0.4) is 0 Å². The molecule has 0 unspecified atom stereocenters. The summed E-state index contributed by atoms with van der Waals surface area (Å²) in [5, 5.41) is 10.1. The molecule has 0 aromatic rings. The van der Waals surface area contributed by atoms with Crippen molar-refractivity contribution in [2.24, 2.45) is 11.8 Å². The van der Waals surface area contributed by atoms with E-state index in [9.17, 15) is 9.90 Å². The third-order valence-electron chi connectivity index (χ3n) is 4.16. The quantitative estimate of drug-likeness (QED) is 0.837. The summed E-state index contributed by atoms with van der Waals surface area (Å²) in [5.74, 6) is 3.46. The number of carbonyl (C=O) groups excluding carboxylic acids is 1. The van der Waals surface area contributed by atoms with Gasteiger partial charge in [-0.1, -0.05) is 13.8 Å². The molecule has 2 aliphatic rings. The monoisotopic (exact) mass is 257 g/mol. The molecule has 2 saturated heterocycles. The van der Waals surface area contributed by atoms with Gasteiger partial charge in [0.1, 0.15) is 5.60 Å². The van der Waals surface area contributed by atoms with Crippen LogP contribution in [0.1, 0.15) is 33.1 Å². The summed E-state index contributed by atoms with van der Waals surface area (Å²) < 4.78 is 0. The Morgan fingerprint density at radius 1 is 1.41 bits per heavy atom. The summed E-state index contributed by atoms with van der Waals surface area (Å²) in [6.07, 6.45) is 3.05. The molecule has 17 heavy (non-hydrogen) atoms. The molecule has 98 valence electrons. The van der Waals surface area contributed by atoms with E-state index in [1.807, 2.05) is 30.5 Å². The van der Waals surface area contributed by atoms with E-state index in [-0.39, 0.29) is 11.8 Å². The van der Waals surface area contributed by atoms with Crippen LogP contribution >= 0.6 is 11.8 Å². The molecular formula is C13H23NO2S. The molecule has 0 aromatic carbocycles. The Labute approximate surface area is 108 Å². The first-order valence-electron chi connectivity index (χ1n) is 6.59. The lowest BCUT2D eigenvalue weighted by molar-refractivity contribution is -0.164. The Balaban J connectivity index is 1.75. The van der Waals surface area contributed by atoms with Crippen LogP contribution in [0, 0.1) is 11.8 Å². The van der Waals surface area contributed by atoms with Gasteiger partial charge in [-0.05, 0) is 36.2 Å². The molecule has 0 spiro atoms. The lowest BCUT2D eigenvalue weighted by atomic mass is 9.82. The molecule has 0 aliphatic carbocycles. The van der Waals surface area contributed by atoms with E-state index in [0.29, 0.717) is 25.4 Å². The van der Waals surface area contributed by atoms with Gasteiger partial charge in [0.15, 0.2) is 0 Å². The predicted octanol–water partition coefficient (Wildman–Crippen LogP) is 1.75. The molecule has 4 heteroatoms. The van der Waals surface area contributed by atoms with Crippen LogP contribution in [0.5, 0.6) is 0 Å². The number of rotatable bonds is 3. The third-order valence-corrected chi connectivity index (χ3v) is 5.21. The van der Waals surface area contributed by atoms with Gasteiger partial charge < -0.3 is 10.0 Å². The number of thioether (sulfide) groups is 1. The van der Waals surface area contributed by atoms with Crippen LogP contribution in [0.15, 0.2) is 0 Å². The SMILES string of the molecule is CC(C)C1(O)CN(C(=O)CC2CCSCC2)C1. The molecule has 2 heterocycles. The van der Waals surface area contributed by atoms with Gasteiger partial charge in [0, 0.05) is 6.42 Å². The smallest absolute Gasteiger partial charge is 0.223 e. The predicted molar refractivity (Wildman–Crippen MR) is 71.0 cm³/mol. The van der Waals surface area contributed by atoms with E-state index in [2.05, 4.69) is 0 Å². The van der Waals surface area contributed by atoms with Crippen molar-refractivity contribution in [2.75, 3.05) is 24.6 Å². The van der Waals surface area contributed by atoms with Gasteiger partial charge in [0.2, 0.25) is 5.91 Å². The van der Waals surface area contributed by atoms with Crippen molar-refractivity contribution in [3.8, 4) is 0 Å². The van der Waals surface area contributed by atoms with Gasteiger partial charge in [-0.25, -0.2) is 0 Å². The second-order valence-corrected chi connectivity index (χ2v) is 6.99. The average Bonchev–Trinajstić information content (AvgIpc) is 2.25. The fourth-order valence-electron chi connectivity index (χ4n) is 2.48. The Morgan fingerprint density at radius 3 is 2.53 bits per heavy atom. The van der Waals surface area contributed by atoms with Gasteiger partial charge in [-0.2, -0.15) is 11.8 Å². The first-order chi connectivity index (χ1) is 8.01. The molecule has 3 nitrogen and oxygen atoms in total. The fourth-order valence-corrected chi connectivity index (χ4v) is 3.69. The molecule has 2 aliphatic heterocycles. The summed E-state index contributed by atoms with van der Waals surface area (Å²) in [4.78, 5) is 13.8. The van der Waals surface area contributed by atoms with Crippen molar-refractivity contribution in [2.45, 2.75) is 38.7 Å². The molecule has 0 saturated carbocycles. The van der Waals surface area contributed by atoms with Crippen molar-refractivity contribution >= 4 is 17.7 Å². The van der Waals surface area contributed by atoms with Gasteiger partial charge in [-0.15, -0.1) is 0 Å². The number of amides is 1. The summed E-state index contributed by atoms with van der Waals surface area (Å²) in [6.45, 7) is 5.09. The molecule has 1 N–H and O–H groups in total. The fraction of sp³-hybridized carbons (Fsp3) is 0.923. The minimum absolute atomic E-state index is 0.234. The number of hydrogen-bond donors (Lipinski definition) is 1. The van der Waals surface area contributed by atoms with Crippen molar-refractivity contribution in [3.63, 3.8) is 0 Å². The number of β-amino-alcohol motifs (C(OH)–C–C–N with tert-alkyl or cyclic N) is 1. The Morgan fingerprint density at radius 2 is 2.00 bits per heavy atom. The Hall–Kier alpha value is -0.220. The minimum atomic E-state index is -0.627. The van der Waals surface area contributed by atoms with Crippen LogP contribution in [0.25, 0.3) is 0 Å². The maximum absolute atomic E-state index is 12.0. The Kier molecular flexibility index (Phi) is 4.03. The highest BCUT2D eigenvalue weighted by molar-refractivity contribution is 7.99. The highest BCUT2D eigenvalue weighted by Crippen LogP contribution is 2.31. The summed E-state index contributed by atoms with van der Waals surface area (Å²) in [6, 6.07) is 0. The lowest BCUT2D eigenvalue weighted by Gasteiger charge is -2.49. The van der Waals surface area contributed by atoms with Crippen molar-refractivity contribution in [3.05, 3.63) is 0 Å². The number of likely N-dealkylation sites (tertiary alicyclic amines) is 1. The summed E-state index contributed by atoms with van der Waals surface area (Å²) in [5.41, 5.74) is -0.627. The van der Waals surface area contributed by atoms with E-state index < -0.39 is 5.60 Å². The zero-order valence-electron chi connectivity index (χ0n) is 10.8. The molecule has 0 atom stereocenters. The third kappa shape index (κ3) is 2.97. The van der Waals surface area contributed by atoms with Crippen LogP contribution in [-0.2, 0) is 4.79 Å². The zero-order valence-corrected chi connectivity index (χ0v) is 11.6. The van der Waals surface area contributed by atoms with Gasteiger partial charge in [0.05, 0.1) is 13.1 Å². The van der Waals surface area contributed by atoms with Gasteiger partial charge in [-0.3, -0.25) is 4.79 Å². The molecule has 0 aromatic heterocycles. The Bertz CT molecular complexity index is 281. The van der Waals surface area contributed by atoms with Crippen LogP contribution < -0.4 is 0 Å². The molecular weight excluding hydrogens is 234 g/mol. The molecule has 2 rings (SSSR count). The van der Waals surface area contributed by atoms with Crippen molar-refractivity contribution < 1.29 is 9.90 Å². The number of hydrogen-bond acceptors (Lipinski definition) is 3. The van der Waals surface area contributed by atoms with Crippen molar-refractivity contribution in [1.82, 2.24) is 4.90 Å².